The second-order valence-electron chi connectivity index (χ2n) is 3.89. The molecular weight excluding hydrogens is 236 g/mol. The molecule has 8 heteroatoms. The van der Waals surface area contributed by atoms with Gasteiger partial charge in [0, 0.05) is 12.3 Å². The first-order chi connectivity index (χ1) is 7.40. The Labute approximate surface area is 94.6 Å². The number of carbonyl (C=O) groups excluding carboxylic acids is 1. The molecule has 2 aliphatic heterocycles. The fourth-order valence-electron chi connectivity index (χ4n) is 1.83. The van der Waals surface area contributed by atoms with Crippen molar-refractivity contribution < 1.29 is 24.6 Å². The largest absolute Gasteiger partial charge is 0.480 e. The maximum atomic E-state index is 11.3. The van der Waals surface area contributed by atoms with E-state index in [2.05, 4.69) is 0 Å². The highest BCUT2D eigenvalue weighted by atomic mass is 32.2. The zero-order chi connectivity index (χ0) is 12.1. The second-order valence-corrected chi connectivity index (χ2v) is 4.99. The fraction of sp³-hybridized carbons (Fsp3) is 0.625. The van der Waals surface area contributed by atoms with Gasteiger partial charge in [-0.15, -0.1) is 11.8 Å². The van der Waals surface area contributed by atoms with Crippen LogP contribution in [0.2, 0.25) is 0 Å². The SMILES string of the molecule is NC1C(=O)N2CC(C(=O)O)(C(=O)O)CS[C@H]12. The number of amides is 1. The third kappa shape index (κ3) is 1.23. The molecule has 2 atom stereocenters. The number of carboxylic acids is 2. The van der Waals surface area contributed by atoms with E-state index in [0.717, 1.165) is 11.8 Å². The summed E-state index contributed by atoms with van der Waals surface area (Å²) in [4.78, 5) is 34.6. The number of rotatable bonds is 2. The van der Waals surface area contributed by atoms with Gasteiger partial charge in [0.15, 0.2) is 5.41 Å². The van der Waals surface area contributed by atoms with E-state index in [9.17, 15) is 14.4 Å². The summed E-state index contributed by atoms with van der Waals surface area (Å²) in [5.74, 6) is -3.29. The first kappa shape index (κ1) is 11.2. The van der Waals surface area contributed by atoms with E-state index in [-0.39, 0.29) is 23.6 Å². The van der Waals surface area contributed by atoms with Gasteiger partial charge >= 0.3 is 11.9 Å². The predicted molar refractivity (Wildman–Crippen MR) is 53.6 cm³/mol. The molecule has 0 spiro atoms. The number of hydrogen-bond acceptors (Lipinski definition) is 5. The third-order valence-electron chi connectivity index (χ3n) is 2.94. The zero-order valence-electron chi connectivity index (χ0n) is 8.12. The molecule has 4 N–H and O–H groups in total. The summed E-state index contributed by atoms with van der Waals surface area (Å²) in [6.07, 6.45) is 0. The molecule has 2 aliphatic rings. The highest BCUT2D eigenvalue weighted by Crippen LogP contribution is 2.41. The van der Waals surface area contributed by atoms with Crippen molar-refractivity contribution in [1.29, 1.82) is 0 Å². The molecule has 2 saturated heterocycles. The molecule has 0 aromatic heterocycles. The van der Waals surface area contributed by atoms with Crippen LogP contribution >= 0.6 is 11.8 Å². The van der Waals surface area contributed by atoms with Gasteiger partial charge in [-0.25, -0.2) is 0 Å². The molecule has 7 nitrogen and oxygen atoms in total. The summed E-state index contributed by atoms with van der Waals surface area (Å²) in [6, 6.07) is -0.634. The Morgan fingerprint density at radius 2 is 2.00 bits per heavy atom. The molecular formula is C8H10N2O5S. The molecule has 1 amide bonds. The summed E-state index contributed by atoms with van der Waals surface area (Å²) in [5.41, 5.74) is 3.60. The number of nitrogens with zero attached hydrogens (tertiary/aromatic N) is 1. The van der Waals surface area contributed by atoms with E-state index in [1.807, 2.05) is 0 Å². The van der Waals surface area contributed by atoms with Gasteiger partial charge in [-0.2, -0.15) is 0 Å². The fourth-order valence-corrected chi connectivity index (χ4v) is 3.30. The molecule has 0 saturated carbocycles. The molecule has 0 aromatic carbocycles. The standard InChI is InChI=1S/C8H10N2O5S/c9-3-4(11)10-1-8(6(12)13,7(14)15)2-16-5(3)10/h3,5H,1-2,9H2,(H,12,13)(H,14,15)/t3?,5-/m1/s1. The molecule has 1 unspecified atom stereocenters. The minimum Gasteiger partial charge on any atom is -0.480 e. The average molecular weight is 246 g/mol. The smallest absolute Gasteiger partial charge is 0.323 e. The normalized spacial score (nSPS) is 31.6. The molecule has 0 aliphatic carbocycles. The molecule has 0 aromatic rings. The number of carbonyl (C=O) groups is 3. The Morgan fingerprint density at radius 3 is 2.50 bits per heavy atom. The zero-order valence-corrected chi connectivity index (χ0v) is 8.94. The third-order valence-corrected chi connectivity index (χ3v) is 4.49. The average Bonchev–Trinajstić information content (AvgIpc) is 2.26. The van der Waals surface area contributed by atoms with Gasteiger partial charge in [-0.05, 0) is 0 Å². The maximum absolute atomic E-state index is 11.3. The lowest BCUT2D eigenvalue weighted by molar-refractivity contribution is -0.168. The van der Waals surface area contributed by atoms with Gasteiger partial charge in [-0.3, -0.25) is 14.4 Å². The molecule has 2 heterocycles. The lowest BCUT2D eigenvalue weighted by atomic mass is 9.87. The number of hydrogen-bond donors (Lipinski definition) is 3. The van der Waals surface area contributed by atoms with Crippen molar-refractivity contribution in [2.24, 2.45) is 11.1 Å². The van der Waals surface area contributed by atoms with Gasteiger partial charge in [0.25, 0.3) is 0 Å². The van der Waals surface area contributed by atoms with E-state index in [1.165, 1.54) is 4.90 Å². The van der Waals surface area contributed by atoms with Gasteiger partial charge < -0.3 is 20.8 Å². The molecule has 16 heavy (non-hydrogen) atoms. The number of thioether (sulfide) groups is 1. The Balaban J connectivity index is 2.24. The van der Waals surface area contributed by atoms with Gasteiger partial charge in [0.05, 0.1) is 0 Å². The van der Waals surface area contributed by atoms with E-state index in [4.69, 9.17) is 15.9 Å². The monoisotopic (exact) mass is 246 g/mol. The number of nitrogens with two attached hydrogens (primary N) is 1. The Kier molecular flexibility index (Phi) is 2.35. The van der Waals surface area contributed by atoms with Crippen molar-refractivity contribution in [3.63, 3.8) is 0 Å². The number of β-lactam (4-membered cyclic amide) rings is 1. The van der Waals surface area contributed by atoms with Crippen LogP contribution in [0.4, 0.5) is 0 Å². The minimum absolute atomic E-state index is 0.0696. The molecule has 2 rings (SSSR count). The van der Waals surface area contributed by atoms with Crippen LogP contribution in [0.3, 0.4) is 0 Å². The van der Waals surface area contributed by atoms with Gasteiger partial charge in [0.1, 0.15) is 11.4 Å². The van der Waals surface area contributed by atoms with Crippen LogP contribution in [0, 0.1) is 5.41 Å². The van der Waals surface area contributed by atoms with Crippen molar-refractivity contribution in [2.75, 3.05) is 12.3 Å². The molecule has 2 fully saturated rings. The second kappa shape index (κ2) is 3.36. The first-order valence-corrected chi connectivity index (χ1v) is 5.59. The summed E-state index contributed by atoms with van der Waals surface area (Å²) in [7, 11) is 0. The topological polar surface area (TPSA) is 121 Å². The van der Waals surface area contributed by atoms with Crippen LogP contribution in [-0.2, 0) is 14.4 Å². The minimum atomic E-state index is -1.91. The van der Waals surface area contributed by atoms with Crippen molar-refractivity contribution in [2.45, 2.75) is 11.4 Å². The summed E-state index contributed by atoms with van der Waals surface area (Å²) < 4.78 is 0. The molecule has 0 radical (unpaired) electrons. The maximum Gasteiger partial charge on any atom is 0.323 e. The Morgan fingerprint density at radius 1 is 1.44 bits per heavy atom. The van der Waals surface area contributed by atoms with Crippen LogP contribution in [0.15, 0.2) is 0 Å². The van der Waals surface area contributed by atoms with E-state index < -0.39 is 23.4 Å². The first-order valence-electron chi connectivity index (χ1n) is 4.54. The van der Waals surface area contributed by atoms with Crippen LogP contribution in [0.1, 0.15) is 0 Å². The number of aliphatic carboxylic acids is 2. The van der Waals surface area contributed by atoms with Crippen molar-refractivity contribution in [1.82, 2.24) is 4.90 Å². The summed E-state index contributed by atoms with van der Waals surface area (Å²) >= 11 is 1.11. The molecule has 88 valence electrons. The Hall–Kier alpha value is -1.28. The highest BCUT2D eigenvalue weighted by Gasteiger charge is 2.59. The van der Waals surface area contributed by atoms with Gasteiger partial charge in [0.2, 0.25) is 5.91 Å². The summed E-state index contributed by atoms with van der Waals surface area (Å²) in [6.45, 7) is -0.304. The quantitative estimate of drug-likeness (QED) is 0.395. The number of fused-ring (bicyclic) bond motifs is 1. The van der Waals surface area contributed by atoms with Crippen molar-refractivity contribution in [3.8, 4) is 0 Å². The van der Waals surface area contributed by atoms with E-state index in [0.29, 0.717) is 0 Å². The predicted octanol–water partition coefficient (Wildman–Crippen LogP) is -1.62. The highest BCUT2D eigenvalue weighted by molar-refractivity contribution is 8.00. The van der Waals surface area contributed by atoms with Crippen LogP contribution in [-0.4, -0.2) is 56.7 Å². The van der Waals surface area contributed by atoms with Gasteiger partial charge in [-0.1, -0.05) is 0 Å². The van der Waals surface area contributed by atoms with E-state index >= 15 is 0 Å². The van der Waals surface area contributed by atoms with Crippen LogP contribution in [0.25, 0.3) is 0 Å². The van der Waals surface area contributed by atoms with Crippen molar-refractivity contribution in [3.05, 3.63) is 0 Å². The number of carboxylic acid groups (broad SMARTS) is 2. The van der Waals surface area contributed by atoms with E-state index in [1.54, 1.807) is 0 Å². The Bertz CT molecular complexity index is 371. The molecule has 0 bridgehead atoms. The van der Waals surface area contributed by atoms with Crippen molar-refractivity contribution >= 4 is 29.6 Å². The summed E-state index contributed by atoms with van der Waals surface area (Å²) in [5, 5.41) is 17.7. The van der Waals surface area contributed by atoms with Crippen LogP contribution in [0.5, 0.6) is 0 Å². The lowest BCUT2D eigenvalue weighted by Crippen LogP contribution is -2.73. The lowest BCUT2D eigenvalue weighted by Gasteiger charge is -2.51. The van der Waals surface area contributed by atoms with Crippen LogP contribution < -0.4 is 5.73 Å².